The first-order valence-corrected chi connectivity index (χ1v) is 8.94. The largest absolute Gasteiger partial charge is 0.353 e. The molecule has 0 radical (unpaired) electrons. The van der Waals surface area contributed by atoms with Gasteiger partial charge in [-0.15, -0.1) is 24.0 Å². The normalized spacial score (nSPS) is 18.8. The van der Waals surface area contributed by atoms with Gasteiger partial charge in [-0.1, -0.05) is 22.0 Å². The van der Waals surface area contributed by atoms with Gasteiger partial charge in [-0.25, -0.2) is 0 Å². The molecule has 3 nitrogen and oxygen atoms in total. The number of rotatable bonds is 3. The third kappa shape index (κ3) is 6.36. The molecule has 1 unspecified atom stereocenters. The summed E-state index contributed by atoms with van der Waals surface area (Å²) in [5.74, 6) is 3.38. The van der Waals surface area contributed by atoms with E-state index in [1.54, 1.807) is 0 Å². The second kappa shape index (κ2) is 9.94. The van der Waals surface area contributed by atoms with E-state index in [0.717, 1.165) is 17.0 Å². The zero-order valence-corrected chi connectivity index (χ0v) is 17.2. The number of thioether (sulfide) groups is 1. The van der Waals surface area contributed by atoms with E-state index in [4.69, 9.17) is 0 Å². The van der Waals surface area contributed by atoms with E-state index in [2.05, 4.69) is 56.7 Å². The third-order valence-electron chi connectivity index (χ3n) is 3.48. The molecule has 21 heavy (non-hydrogen) atoms. The molecule has 0 saturated carbocycles. The fraction of sp³-hybridized carbons (Fsp3) is 0.533. The zero-order chi connectivity index (χ0) is 14.4. The summed E-state index contributed by atoms with van der Waals surface area (Å²) < 4.78 is 1.13. The van der Waals surface area contributed by atoms with Crippen LogP contribution in [0.25, 0.3) is 0 Å². The number of nitrogens with one attached hydrogen (secondary N) is 2. The number of nitrogens with zero attached hydrogens (tertiary/aromatic N) is 1. The van der Waals surface area contributed by atoms with Gasteiger partial charge in [-0.05, 0) is 48.8 Å². The average Bonchev–Trinajstić information content (AvgIpc) is 2.46. The molecule has 1 aromatic carbocycles. The maximum absolute atomic E-state index is 4.32. The van der Waals surface area contributed by atoms with E-state index in [0.29, 0.717) is 6.04 Å². The first-order valence-electron chi connectivity index (χ1n) is 6.99. The van der Waals surface area contributed by atoms with Crippen molar-refractivity contribution in [2.75, 3.05) is 18.6 Å². The van der Waals surface area contributed by atoms with Crippen molar-refractivity contribution in [1.29, 1.82) is 0 Å². The first-order chi connectivity index (χ1) is 9.69. The summed E-state index contributed by atoms with van der Waals surface area (Å²) in [5.41, 5.74) is 2.59. The summed E-state index contributed by atoms with van der Waals surface area (Å²) in [6, 6.07) is 6.92. The highest BCUT2D eigenvalue weighted by Gasteiger charge is 2.14. The molecule has 1 saturated heterocycles. The molecule has 1 aliphatic heterocycles. The summed E-state index contributed by atoms with van der Waals surface area (Å²) in [4.78, 5) is 4.32. The minimum Gasteiger partial charge on any atom is -0.353 e. The topological polar surface area (TPSA) is 36.4 Å². The second-order valence-electron chi connectivity index (χ2n) is 5.05. The van der Waals surface area contributed by atoms with Gasteiger partial charge in [0.05, 0.1) is 0 Å². The highest BCUT2D eigenvalue weighted by Crippen LogP contribution is 2.17. The number of guanidine groups is 1. The van der Waals surface area contributed by atoms with Crippen molar-refractivity contribution < 1.29 is 0 Å². The smallest absolute Gasteiger partial charge is 0.191 e. The minimum absolute atomic E-state index is 0. The molecule has 1 fully saturated rings. The van der Waals surface area contributed by atoms with Crippen LogP contribution in [0.1, 0.15) is 24.0 Å². The maximum atomic E-state index is 4.32. The Balaban J connectivity index is 0.00000220. The maximum Gasteiger partial charge on any atom is 0.191 e. The Kier molecular flexibility index (Phi) is 9.04. The van der Waals surface area contributed by atoms with Gasteiger partial charge in [0, 0.05) is 29.9 Å². The van der Waals surface area contributed by atoms with Crippen LogP contribution in [0, 0.1) is 6.92 Å². The lowest BCUT2D eigenvalue weighted by atomic mass is 10.1. The summed E-state index contributed by atoms with van der Waals surface area (Å²) in [7, 11) is 1.83. The summed E-state index contributed by atoms with van der Waals surface area (Å²) in [6.07, 6.45) is 2.54. The third-order valence-corrected chi connectivity index (χ3v) is 5.18. The first kappa shape index (κ1) is 19.1. The van der Waals surface area contributed by atoms with E-state index in [-0.39, 0.29) is 24.0 Å². The minimum atomic E-state index is 0. The van der Waals surface area contributed by atoms with Crippen LogP contribution in [-0.2, 0) is 6.54 Å². The van der Waals surface area contributed by atoms with Crippen LogP contribution in [-0.4, -0.2) is 30.6 Å². The average molecular weight is 484 g/mol. The van der Waals surface area contributed by atoms with E-state index in [1.165, 1.54) is 35.5 Å². The molecule has 2 rings (SSSR count). The van der Waals surface area contributed by atoms with E-state index in [9.17, 15) is 0 Å². The van der Waals surface area contributed by atoms with Crippen LogP contribution in [0.2, 0.25) is 0 Å². The number of benzene rings is 1. The van der Waals surface area contributed by atoms with Crippen LogP contribution in [0.5, 0.6) is 0 Å². The van der Waals surface area contributed by atoms with E-state index >= 15 is 0 Å². The fourth-order valence-electron chi connectivity index (χ4n) is 2.28. The van der Waals surface area contributed by atoms with Crippen LogP contribution in [0.4, 0.5) is 0 Å². The Hall–Kier alpha value is 0.0500. The van der Waals surface area contributed by atoms with Gasteiger partial charge >= 0.3 is 0 Å². The van der Waals surface area contributed by atoms with Crippen molar-refractivity contribution in [2.24, 2.45) is 4.99 Å². The predicted octanol–water partition coefficient (Wildman–Crippen LogP) is 3.94. The molecular weight excluding hydrogens is 461 g/mol. The Morgan fingerprint density at radius 3 is 2.90 bits per heavy atom. The van der Waals surface area contributed by atoms with Gasteiger partial charge in [0.25, 0.3) is 0 Å². The molecular formula is C15H23BrIN3S. The Bertz CT molecular complexity index is 476. The van der Waals surface area contributed by atoms with Crippen LogP contribution in [0.15, 0.2) is 27.7 Å². The molecule has 0 aromatic heterocycles. The number of aryl methyl sites for hydroxylation is 1. The number of aliphatic imine (C=N–C) groups is 1. The van der Waals surface area contributed by atoms with E-state index < -0.39 is 0 Å². The molecule has 0 amide bonds. The lowest BCUT2D eigenvalue weighted by molar-refractivity contribution is 0.582. The van der Waals surface area contributed by atoms with Crippen molar-refractivity contribution in [2.45, 2.75) is 32.4 Å². The Labute approximate surface area is 157 Å². The molecule has 1 atom stereocenters. The summed E-state index contributed by atoms with van der Waals surface area (Å²) in [5, 5.41) is 6.92. The van der Waals surface area contributed by atoms with Gasteiger partial charge in [-0.3, -0.25) is 4.99 Å². The molecule has 1 heterocycles. The van der Waals surface area contributed by atoms with Crippen LogP contribution in [0.3, 0.4) is 0 Å². The standard InChI is InChI=1S/C15H22BrN3S.HI/c1-11-8-13(16)6-5-12(11)9-18-15(17-2)19-14-4-3-7-20-10-14;/h5-6,8,14H,3-4,7,9-10H2,1-2H3,(H2,17,18,19);1H. The lowest BCUT2D eigenvalue weighted by Gasteiger charge is -2.24. The van der Waals surface area contributed by atoms with Crippen molar-refractivity contribution in [1.82, 2.24) is 10.6 Å². The van der Waals surface area contributed by atoms with Crippen molar-refractivity contribution >= 4 is 57.6 Å². The molecule has 0 aliphatic carbocycles. The quantitative estimate of drug-likeness (QED) is 0.388. The molecule has 118 valence electrons. The second-order valence-corrected chi connectivity index (χ2v) is 7.12. The van der Waals surface area contributed by atoms with Crippen LogP contribution < -0.4 is 10.6 Å². The molecule has 1 aliphatic rings. The van der Waals surface area contributed by atoms with E-state index in [1.807, 2.05) is 18.8 Å². The Morgan fingerprint density at radius 2 is 2.29 bits per heavy atom. The fourth-order valence-corrected chi connectivity index (χ4v) is 3.83. The molecule has 1 aromatic rings. The van der Waals surface area contributed by atoms with Gasteiger partial charge in [0.1, 0.15) is 0 Å². The van der Waals surface area contributed by atoms with Gasteiger partial charge in [0.15, 0.2) is 5.96 Å². The Morgan fingerprint density at radius 1 is 1.48 bits per heavy atom. The van der Waals surface area contributed by atoms with Crippen molar-refractivity contribution in [3.63, 3.8) is 0 Å². The lowest BCUT2D eigenvalue weighted by Crippen LogP contribution is -2.45. The van der Waals surface area contributed by atoms with Crippen LogP contribution >= 0.6 is 51.7 Å². The SMILES string of the molecule is CN=C(NCc1ccc(Br)cc1C)NC1CCCSC1.I. The summed E-state index contributed by atoms with van der Waals surface area (Å²) >= 11 is 5.52. The number of hydrogen-bond acceptors (Lipinski definition) is 2. The molecule has 6 heteroatoms. The highest BCUT2D eigenvalue weighted by molar-refractivity contribution is 14.0. The molecule has 0 bridgehead atoms. The highest BCUT2D eigenvalue weighted by atomic mass is 127. The van der Waals surface area contributed by atoms with Crippen molar-refractivity contribution in [3.8, 4) is 0 Å². The molecule has 2 N–H and O–H groups in total. The van der Waals surface area contributed by atoms with Gasteiger partial charge in [0.2, 0.25) is 0 Å². The molecule has 0 spiro atoms. The number of halogens is 2. The van der Waals surface area contributed by atoms with Gasteiger partial charge in [-0.2, -0.15) is 11.8 Å². The number of hydrogen-bond donors (Lipinski definition) is 2. The van der Waals surface area contributed by atoms with Gasteiger partial charge < -0.3 is 10.6 Å². The zero-order valence-electron chi connectivity index (χ0n) is 12.5. The van der Waals surface area contributed by atoms with Crippen molar-refractivity contribution in [3.05, 3.63) is 33.8 Å². The summed E-state index contributed by atoms with van der Waals surface area (Å²) in [6.45, 7) is 2.94. The predicted molar refractivity (Wildman–Crippen MR) is 108 cm³/mol. The monoisotopic (exact) mass is 483 g/mol.